The first-order chi connectivity index (χ1) is 9.22. The van der Waals surface area contributed by atoms with Crippen LogP contribution in [0, 0.1) is 0 Å². The van der Waals surface area contributed by atoms with Gasteiger partial charge in [0, 0.05) is 18.0 Å². The maximum Gasteiger partial charge on any atom is 0.226 e. The summed E-state index contributed by atoms with van der Waals surface area (Å²) in [4.78, 5) is 3.88. The fourth-order valence-corrected chi connectivity index (χ4v) is 1.94. The zero-order valence-electron chi connectivity index (χ0n) is 11.7. The lowest BCUT2D eigenvalue weighted by Crippen LogP contribution is -2.30. The Labute approximate surface area is 136 Å². The van der Waals surface area contributed by atoms with Gasteiger partial charge in [0.2, 0.25) is 5.52 Å². The number of ether oxygens (including phenoxy) is 1. The molecule has 0 spiro atoms. The van der Waals surface area contributed by atoms with Gasteiger partial charge < -0.3 is 9.84 Å². The maximum atomic E-state index is 11.6. The van der Waals surface area contributed by atoms with Crippen molar-refractivity contribution in [2.45, 2.75) is 19.8 Å². The quantitative estimate of drug-likeness (QED) is 0.266. The minimum atomic E-state index is -0.523. The van der Waals surface area contributed by atoms with Crippen LogP contribution in [0.25, 0.3) is 10.9 Å². The van der Waals surface area contributed by atoms with E-state index in [9.17, 15) is 5.11 Å². The van der Waals surface area contributed by atoms with Crippen molar-refractivity contribution in [2.24, 2.45) is 12.0 Å². The molecule has 0 aliphatic rings. The van der Waals surface area contributed by atoms with Gasteiger partial charge in [-0.1, -0.05) is 19.4 Å². The number of pyridine rings is 1. The van der Waals surface area contributed by atoms with E-state index in [0.717, 1.165) is 23.7 Å². The van der Waals surface area contributed by atoms with E-state index >= 15 is 0 Å². The molecular formula is C15H19IN2O2. The molecule has 4 nitrogen and oxygen atoms in total. The van der Waals surface area contributed by atoms with Crippen molar-refractivity contribution in [3.05, 3.63) is 36.5 Å². The van der Waals surface area contributed by atoms with Gasteiger partial charge in [0.15, 0.2) is 6.20 Å². The lowest BCUT2D eigenvalue weighted by atomic mass is 10.2. The number of aliphatic imine (C=N–C) groups is 1. The van der Waals surface area contributed by atoms with Crippen molar-refractivity contribution >= 4 is 41.0 Å². The van der Waals surface area contributed by atoms with Crippen LogP contribution in [-0.4, -0.2) is 12.6 Å². The summed E-state index contributed by atoms with van der Waals surface area (Å²) in [6, 6.07) is 9.59. The number of benzene rings is 1. The summed E-state index contributed by atoms with van der Waals surface area (Å²) in [5, 5.41) is 12.7. The molecule has 0 saturated heterocycles. The van der Waals surface area contributed by atoms with E-state index in [1.165, 1.54) is 0 Å². The molecule has 0 saturated carbocycles. The number of halogens is 1. The summed E-state index contributed by atoms with van der Waals surface area (Å²) in [6.45, 7) is 2.58. The van der Waals surface area contributed by atoms with Gasteiger partial charge in [0.05, 0.1) is 5.75 Å². The molecule has 0 N–H and O–H groups in total. The highest BCUT2D eigenvalue weighted by molar-refractivity contribution is 14.0. The Kier molecular flexibility index (Phi) is 6.70. The molecule has 5 heteroatoms. The highest BCUT2D eigenvalue weighted by atomic mass is 127. The number of fused-ring (bicyclic) bond motifs is 1. The van der Waals surface area contributed by atoms with Crippen LogP contribution in [-0.2, 0) is 7.05 Å². The van der Waals surface area contributed by atoms with Crippen molar-refractivity contribution in [3.63, 3.8) is 0 Å². The third kappa shape index (κ3) is 4.06. The van der Waals surface area contributed by atoms with Gasteiger partial charge in [-0.15, -0.1) is 24.0 Å². The highest BCUT2D eigenvalue weighted by Crippen LogP contribution is 2.21. The van der Waals surface area contributed by atoms with Crippen LogP contribution in [0.15, 0.2) is 41.5 Å². The van der Waals surface area contributed by atoms with E-state index in [1.54, 1.807) is 6.07 Å². The van der Waals surface area contributed by atoms with Gasteiger partial charge in [-0.3, -0.25) is 4.99 Å². The number of rotatable bonds is 4. The summed E-state index contributed by atoms with van der Waals surface area (Å²) in [5.41, 5.74) is 0.893. The fourth-order valence-electron chi connectivity index (χ4n) is 1.94. The zero-order valence-corrected chi connectivity index (χ0v) is 14.0. The average molecular weight is 386 g/mol. The van der Waals surface area contributed by atoms with E-state index in [4.69, 9.17) is 4.74 Å². The molecule has 0 fully saturated rings. The number of hydrogen-bond donors (Lipinski definition) is 0. The van der Waals surface area contributed by atoms with E-state index in [2.05, 4.69) is 11.9 Å². The van der Waals surface area contributed by atoms with Crippen LogP contribution in [0.2, 0.25) is 0 Å². The number of hydrogen-bond acceptors (Lipinski definition) is 3. The molecule has 0 amide bonds. The smallest absolute Gasteiger partial charge is 0.226 e. The van der Waals surface area contributed by atoms with Crippen LogP contribution < -0.4 is 14.4 Å². The zero-order chi connectivity index (χ0) is 13.7. The average Bonchev–Trinajstić information content (AvgIpc) is 2.39. The Morgan fingerprint density at radius 1 is 1.30 bits per heavy atom. The molecule has 2 aromatic rings. The summed E-state index contributed by atoms with van der Waals surface area (Å²) < 4.78 is 7.26. The first-order valence-electron chi connectivity index (χ1n) is 6.49. The summed E-state index contributed by atoms with van der Waals surface area (Å²) >= 11 is 0. The SMILES string of the molecule is CCCCN=C([O-])Oc1cccc2ccc[n+](C)c12.I. The molecule has 0 atom stereocenters. The molecular weight excluding hydrogens is 367 g/mol. The molecule has 20 heavy (non-hydrogen) atoms. The van der Waals surface area contributed by atoms with Crippen molar-refractivity contribution in [1.29, 1.82) is 0 Å². The van der Waals surface area contributed by atoms with E-state index in [0.29, 0.717) is 12.3 Å². The maximum absolute atomic E-state index is 11.6. The third-order valence-electron chi connectivity index (χ3n) is 2.92. The first-order valence-corrected chi connectivity index (χ1v) is 6.49. The molecule has 2 rings (SSSR count). The van der Waals surface area contributed by atoms with E-state index in [1.807, 2.05) is 42.1 Å². The van der Waals surface area contributed by atoms with E-state index in [-0.39, 0.29) is 24.0 Å². The molecule has 0 aliphatic carbocycles. The van der Waals surface area contributed by atoms with Gasteiger partial charge in [0.25, 0.3) is 0 Å². The molecule has 108 valence electrons. The Balaban J connectivity index is 0.00000200. The molecule has 0 radical (unpaired) electrons. The minimum Gasteiger partial charge on any atom is -0.560 e. The first kappa shape index (κ1) is 16.7. The number of aryl methyl sites for hydroxylation is 1. The molecule has 1 heterocycles. The molecule has 1 aromatic heterocycles. The largest absolute Gasteiger partial charge is 0.560 e. The number of unbranched alkanes of at least 4 members (excludes halogenated alkanes) is 1. The second-order valence-corrected chi connectivity index (χ2v) is 4.42. The second kappa shape index (κ2) is 8.04. The number of para-hydroxylation sites is 1. The summed E-state index contributed by atoms with van der Waals surface area (Å²) in [6.07, 6.45) is 3.32. The Hall–Kier alpha value is -1.37. The van der Waals surface area contributed by atoms with Gasteiger partial charge in [-0.05, 0) is 24.6 Å². The van der Waals surface area contributed by atoms with Crippen LogP contribution in [0.4, 0.5) is 0 Å². The van der Waals surface area contributed by atoms with Crippen molar-refractivity contribution in [2.75, 3.05) is 6.54 Å². The second-order valence-electron chi connectivity index (χ2n) is 4.42. The van der Waals surface area contributed by atoms with Gasteiger partial charge in [0.1, 0.15) is 13.1 Å². The third-order valence-corrected chi connectivity index (χ3v) is 2.92. The van der Waals surface area contributed by atoms with Gasteiger partial charge in [-0.25, -0.2) is 4.57 Å². The van der Waals surface area contributed by atoms with E-state index < -0.39 is 6.08 Å². The predicted octanol–water partition coefficient (Wildman–Crippen LogP) is 2.18. The Morgan fingerprint density at radius 2 is 2.05 bits per heavy atom. The number of nitrogens with zero attached hydrogens (tertiary/aromatic N) is 2. The van der Waals surface area contributed by atoms with Crippen LogP contribution in [0.1, 0.15) is 19.8 Å². The van der Waals surface area contributed by atoms with Crippen molar-refractivity contribution in [1.82, 2.24) is 0 Å². The fraction of sp³-hybridized carbons (Fsp3) is 0.333. The summed E-state index contributed by atoms with van der Waals surface area (Å²) in [7, 11) is 1.92. The van der Waals surface area contributed by atoms with Crippen molar-refractivity contribution in [3.8, 4) is 5.75 Å². The molecule has 0 bridgehead atoms. The monoisotopic (exact) mass is 386 g/mol. The minimum absolute atomic E-state index is 0. The molecule has 1 aromatic carbocycles. The highest BCUT2D eigenvalue weighted by Gasteiger charge is 2.07. The summed E-state index contributed by atoms with van der Waals surface area (Å²) in [5.74, 6) is 0.547. The Bertz CT molecular complexity index is 594. The van der Waals surface area contributed by atoms with Crippen LogP contribution >= 0.6 is 24.0 Å². The normalized spacial score (nSPS) is 11.2. The number of aromatic nitrogens is 1. The lowest BCUT2D eigenvalue weighted by molar-refractivity contribution is -0.645. The van der Waals surface area contributed by atoms with Gasteiger partial charge >= 0.3 is 0 Å². The topological polar surface area (TPSA) is 48.5 Å². The van der Waals surface area contributed by atoms with Gasteiger partial charge in [-0.2, -0.15) is 0 Å². The van der Waals surface area contributed by atoms with Crippen LogP contribution in [0.5, 0.6) is 5.75 Å². The molecule has 0 aliphatic heterocycles. The predicted molar refractivity (Wildman–Crippen MR) is 88.4 cm³/mol. The van der Waals surface area contributed by atoms with Crippen molar-refractivity contribution < 1.29 is 14.4 Å². The Morgan fingerprint density at radius 3 is 2.80 bits per heavy atom. The van der Waals surface area contributed by atoms with Crippen LogP contribution in [0.3, 0.4) is 0 Å². The lowest BCUT2D eigenvalue weighted by Gasteiger charge is -2.14. The molecule has 0 unspecified atom stereocenters. The standard InChI is InChI=1S/C15H18N2O2.HI/c1-3-4-10-16-15(18)19-13-9-5-7-12-8-6-11-17(2)14(12)13;/h5-9,11H,3-4,10H2,1-2H3;1H.